The van der Waals surface area contributed by atoms with Gasteiger partial charge in [0.15, 0.2) is 11.5 Å². The quantitative estimate of drug-likeness (QED) is 0.679. The third-order valence-corrected chi connectivity index (χ3v) is 4.64. The number of carbonyl (C=O) groups excluding carboxylic acids is 1. The Morgan fingerprint density at radius 2 is 2.00 bits per heavy atom. The Hall–Kier alpha value is -3.39. The largest absolute Gasteiger partial charge is 0.464 e. The summed E-state index contributed by atoms with van der Waals surface area (Å²) in [4.78, 5) is 22.7. The number of nitrogens with zero attached hydrogens (tertiary/aromatic N) is 5. The molecule has 142 valence electrons. The lowest BCUT2D eigenvalue weighted by Crippen LogP contribution is -2.31. The van der Waals surface area contributed by atoms with Crippen LogP contribution >= 0.6 is 0 Å². The highest BCUT2D eigenvalue weighted by atomic mass is 16.5. The van der Waals surface area contributed by atoms with E-state index in [1.54, 1.807) is 18.5 Å². The molecule has 0 saturated carbocycles. The molecule has 0 atom stereocenters. The van der Waals surface area contributed by atoms with E-state index in [-0.39, 0.29) is 5.69 Å². The summed E-state index contributed by atoms with van der Waals surface area (Å²) in [5.41, 5.74) is 3.55. The molecule has 4 rings (SSSR count). The molecule has 0 aliphatic carbocycles. The average molecular weight is 376 g/mol. The second-order valence-corrected chi connectivity index (χ2v) is 6.51. The lowest BCUT2D eigenvalue weighted by molar-refractivity contribution is 0.0593. The Kier molecular flexibility index (Phi) is 5.20. The highest BCUT2D eigenvalue weighted by Gasteiger charge is 2.21. The van der Waals surface area contributed by atoms with Crippen molar-refractivity contribution in [3.05, 3.63) is 71.3 Å². The Morgan fingerprint density at radius 1 is 1.14 bits per heavy atom. The van der Waals surface area contributed by atoms with Gasteiger partial charge in [-0.3, -0.25) is 4.90 Å². The first-order chi connectivity index (χ1) is 13.7. The standard InChI is InChI=1S/C20H20N6O2/c1-28-20(27)16-7-8-18(25-24-16)23-19-15-9-10-26(12-17(15)21-13-22-19)11-14-5-3-2-4-6-14/h2-8,13H,9-12H2,1H3,(H,21,22,23,25). The smallest absolute Gasteiger partial charge is 0.358 e. The van der Waals surface area contributed by atoms with Crippen LogP contribution in [-0.2, 0) is 24.2 Å². The van der Waals surface area contributed by atoms with E-state index in [1.165, 1.54) is 12.7 Å². The molecule has 0 spiro atoms. The van der Waals surface area contributed by atoms with Gasteiger partial charge in [0.1, 0.15) is 12.1 Å². The minimum absolute atomic E-state index is 0.161. The second-order valence-electron chi connectivity index (χ2n) is 6.51. The van der Waals surface area contributed by atoms with Crippen molar-refractivity contribution in [2.24, 2.45) is 0 Å². The van der Waals surface area contributed by atoms with Crippen LogP contribution in [0, 0.1) is 0 Å². The van der Waals surface area contributed by atoms with Gasteiger partial charge in [-0.2, -0.15) is 0 Å². The highest BCUT2D eigenvalue weighted by Crippen LogP contribution is 2.25. The van der Waals surface area contributed by atoms with Crippen LogP contribution in [0.15, 0.2) is 48.8 Å². The third-order valence-electron chi connectivity index (χ3n) is 4.64. The number of ether oxygens (including phenoxy) is 1. The molecule has 0 fully saturated rings. The number of nitrogens with one attached hydrogen (secondary N) is 1. The number of anilines is 2. The maximum Gasteiger partial charge on any atom is 0.358 e. The first kappa shape index (κ1) is 18.0. The molecule has 1 aliphatic rings. The molecule has 0 radical (unpaired) electrons. The fourth-order valence-electron chi connectivity index (χ4n) is 3.23. The minimum Gasteiger partial charge on any atom is -0.464 e. The number of aromatic nitrogens is 4. The summed E-state index contributed by atoms with van der Waals surface area (Å²) >= 11 is 0. The molecule has 1 aromatic carbocycles. The Labute approximate surface area is 162 Å². The molecule has 28 heavy (non-hydrogen) atoms. The van der Waals surface area contributed by atoms with E-state index in [0.717, 1.165) is 43.1 Å². The fourth-order valence-corrected chi connectivity index (χ4v) is 3.23. The van der Waals surface area contributed by atoms with Crippen molar-refractivity contribution in [3.8, 4) is 0 Å². The van der Waals surface area contributed by atoms with E-state index in [9.17, 15) is 4.79 Å². The molecule has 8 heteroatoms. The average Bonchev–Trinajstić information content (AvgIpc) is 2.74. The van der Waals surface area contributed by atoms with Crippen molar-refractivity contribution >= 4 is 17.6 Å². The maximum absolute atomic E-state index is 11.5. The molecule has 1 aliphatic heterocycles. The molecular weight excluding hydrogens is 356 g/mol. The van der Waals surface area contributed by atoms with Crippen molar-refractivity contribution in [2.45, 2.75) is 19.5 Å². The van der Waals surface area contributed by atoms with Gasteiger partial charge in [0.25, 0.3) is 0 Å². The summed E-state index contributed by atoms with van der Waals surface area (Å²) < 4.78 is 4.63. The summed E-state index contributed by atoms with van der Waals surface area (Å²) in [5.74, 6) is 0.724. The number of rotatable bonds is 5. The van der Waals surface area contributed by atoms with Gasteiger partial charge in [0, 0.05) is 25.2 Å². The van der Waals surface area contributed by atoms with E-state index < -0.39 is 5.97 Å². The predicted molar refractivity (Wildman–Crippen MR) is 103 cm³/mol. The topological polar surface area (TPSA) is 93.1 Å². The van der Waals surface area contributed by atoms with Crippen LogP contribution in [0.2, 0.25) is 0 Å². The summed E-state index contributed by atoms with van der Waals surface area (Å²) in [6, 6.07) is 13.7. The molecule has 3 aromatic rings. The zero-order valence-corrected chi connectivity index (χ0v) is 15.5. The van der Waals surface area contributed by atoms with Gasteiger partial charge in [-0.05, 0) is 24.1 Å². The SMILES string of the molecule is COC(=O)c1ccc(Nc2ncnc3c2CCN(Cc2ccccc2)C3)nn1. The zero-order valence-electron chi connectivity index (χ0n) is 15.5. The number of benzene rings is 1. The van der Waals surface area contributed by atoms with Crippen LogP contribution in [0.3, 0.4) is 0 Å². The van der Waals surface area contributed by atoms with Crippen LogP contribution < -0.4 is 5.32 Å². The van der Waals surface area contributed by atoms with Gasteiger partial charge >= 0.3 is 5.97 Å². The van der Waals surface area contributed by atoms with Crippen molar-refractivity contribution in [2.75, 3.05) is 19.0 Å². The lowest BCUT2D eigenvalue weighted by Gasteiger charge is -2.28. The van der Waals surface area contributed by atoms with E-state index >= 15 is 0 Å². The Balaban J connectivity index is 1.48. The number of hydrogen-bond donors (Lipinski definition) is 1. The molecule has 3 heterocycles. The van der Waals surface area contributed by atoms with Crippen LogP contribution in [0.25, 0.3) is 0 Å². The van der Waals surface area contributed by atoms with Crippen molar-refractivity contribution in [1.82, 2.24) is 25.1 Å². The van der Waals surface area contributed by atoms with Crippen molar-refractivity contribution in [1.29, 1.82) is 0 Å². The number of hydrogen-bond acceptors (Lipinski definition) is 8. The minimum atomic E-state index is -0.517. The van der Waals surface area contributed by atoms with Crippen LogP contribution in [0.4, 0.5) is 11.6 Å². The first-order valence-corrected chi connectivity index (χ1v) is 9.01. The molecule has 8 nitrogen and oxygen atoms in total. The maximum atomic E-state index is 11.5. The molecule has 0 amide bonds. The summed E-state index contributed by atoms with van der Waals surface area (Å²) in [6.07, 6.45) is 2.41. The van der Waals surface area contributed by atoms with Gasteiger partial charge < -0.3 is 10.1 Å². The first-order valence-electron chi connectivity index (χ1n) is 9.01. The van der Waals surface area contributed by atoms with Gasteiger partial charge in [0.05, 0.1) is 12.8 Å². The lowest BCUT2D eigenvalue weighted by atomic mass is 10.0. The summed E-state index contributed by atoms with van der Waals surface area (Å²) in [6.45, 7) is 2.60. The molecule has 2 aromatic heterocycles. The highest BCUT2D eigenvalue weighted by molar-refractivity contribution is 5.87. The van der Waals surface area contributed by atoms with E-state index in [2.05, 4.69) is 59.4 Å². The number of methoxy groups -OCH3 is 1. The third kappa shape index (κ3) is 3.96. The predicted octanol–water partition coefficient (Wildman–Crippen LogP) is 2.36. The number of carbonyl (C=O) groups is 1. The van der Waals surface area contributed by atoms with E-state index in [4.69, 9.17) is 0 Å². The Bertz CT molecular complexity index is 962. The molecule has 1 N–H and O–H groups in total. The number of fused-ring (bicyclic) bond motifs is 1. The fraction of sp³-hybridized carbons (Fsp3) is 0.250. The van der Waals surface area contributed by atoms with Crippen LogP contribution in [-0.4, -0.2) is 44.7 Å². The van der Waals surface area contributed by atoms with Crippen LogP contribution in [0.1, 0.15) is 27.3 Å². The van der Waals surface area contributed by atoms with Crippen molar-refractivity contribution < 1.29 is 9.53 Å². The van der Waals surface area contributed by atoms with Crippen molar-refractivity contribution in [3.63, 3.8) is 0 Å². The van der Waals surface area contributed by atoms with E-state index in [0.29, 0.717) is 5.82 Å². The molecular formula is C20H20N6O2. The van der Waals surface area contributed by atoms with Gasteiger partial charge in [-0.1, -0.05) is 30.3 Å². The molecule has 0 unspecified atom stereocenters. The Morgan fingerprint density at radius 3 is 2.75 bits per heavy atom. The molecule has 0 saturated heterocycles. The van der Waals surface area contributed by atoms with Gasteiger partial charge in [-0.25, -0.2) is 14.8 Å². The summed E-state index contributed by atoms with van der Waals surface area (Å²) in [5, 5.41) is 11.1. The van der Waals surface area contributed by atoms with Crippen LogP contribution in [0.5, 0.6) is 0 Å². The van der Waals surface area contributed by atoms with Gasteiger partial charge in [-0.15, -0.1) is 10.2 Å². The normalized spacial score (nSPS) is 13.6. The second kappa shape index (κ2) is 8.10. The summed E-state index contributed by atoms with van der Waals surface area (Å²) in [7, 11) is 1.31. The monoisotopic (exact) mass is 376 g/mol. The van der Waals surface area contributed by atoms with Gasteiger partial charge in [0.2, 0.25) is 0 Å². The number of esters is 1. The van der Waals surface area contributed by atoms with E-state index in [1.807, 2.05) is 6.07 Å². The molecule has 0 bridgehead atoms. The zero-order chi connectivity index (χ0) is 19.3.